The molecule has 160 valence electrons. The van der Waals surface area contributed by atoms with Crippen LogP contribution in [0.15, 0.2) is 54.6 Å². The number of carbonyl (C=O) groups is 3. The quantitative estimate of drug-likeness (QED) is 0.631. The second kappa shape index (κ2) is 11.7. The van der Waals surface area contributed by atoms with E-state index in [4.69, 9.17) is 0 Å². The van der Waals surface area contributed by atoms with Crippen LogP contribution in [-0.2, 0) is 20.9 Å². The molecule has 3 amide bonds. The molecule has 0 radical (unpaired) electrons. The Morgan fingerprint density at radius 1 is 0.800 bits per heavy atom. The maximum Gasteiger partial charge on any atom is 0.238 e. The molecule has 2 rings (SSSR count). The average molecular weight is 411 g/mol. The van der Waals surface area contributed by atoms with Crippen molar-refractivity contribution in [2.24, 2.45) is 0 Å². The fraction of sp³-hybridized carbons (Fsp3) is 0.348. The smallest absolute Gasteiger partial charge is 0.238 e. The molecule has 0 bridgehead atoms. The Morgan fingerprint density at radius 2 is 1.40 bits per heavy atom. The van der Waals surface area contributed by atoms with Gasteiger partial charge >= 0.3 is 0 Å². The van der Waals surface area contributed by atoms with Crippen LogP contribution >= 0.6 is 0 Å². The Balaban J connectivity index is 1.88. The minimum absolute atomic E-state index is 0.00402. The van der Waals surface area contributed by atoms with Crippen molar-refractivity contribution in [1.29, 1.82) is 0 Å². The Bertz CT molecular complexity index is 837. The summed E-state index contributed by atoms with van der Waals surface area (Å²) in [5.41, 5.74) is 2.38. The summed E-state index contributed by atoms with van der Waals surface area (Å²) in [4.78, 5) is 39.8. The van der Waals surface area contributed by atoms with Crippen molar-refractivity contribution in [3.05, 3.63) is 60.2 Å². The van der Waals surface area contributed by atoms with Gasteiger partial charge in [-0.05, 0) is 43.3 Å². The summed E-state index contributed by atoms with van der Waals surface area (Å²) >= 11 is 0. The summed E-state index contributed by atoms with van der Waals surface area (Å²) in [5.74, 6) is -0.345. The molecular formula is C23H30N4O3. The first-order valence-corrected chi connectivity index (χ1v) is 10.1. The molecule has 2 aromatic rings. The Hall–Kier alpha value is -3.19. The van der Waals surface area contributed by atoms with Gasteiger partial charge in [0.15, 0.2) is 0 Å². The highest BCUT2D eigenvalue weighted by molar-refractivity contribution is 5.93. The zero-order chi connectivity index (χ0) is 21.9. The third kappa shape index (κ3) is 7.67. The summed E-state index contributed by atoms with van der Waals surface area (Å²) < 4.78 is 0. The number of carbonyl (C=O) groups excluding carboxylic acids is 3. The van der Waals surface area contributed by atoms with Crippen molar-refractivity contribution in [3.63, 3.8) is 0 Å². The predicted octanol–water partition coefficient (Wildman–Crippen LogP) is 2.95. The van der Waals surface area contributed by atoms with Gasteiger partial charge in [0, 0.05) is 31.4 Å². The highest BCUT2D eigenvalue weighted by atomic mass is 16.2. The fourth-order valence-corrected chi connectivity index (χ4v) is 2.99. The van der Waals surface area contributed by atoms with Crippen molar-refractivity contribution in [1.82, 2.24) is 9.80 Å². The lowest BCUT2D eigenvalue weighted by Gasteiger charge is -2.25. The Labute approximate surface area is 178 Å². The number of hydrogen-bond donors (Lipinski definition) is 2. The van der Waals surface area contributed by atoms with Crippen LogP contribution in [0.1, 0.15) is 26.3 Å². The third-order valence-electron chi connectivity index (χ3n) is 4.61. The van der Waals surface area contributed by atoms with E-state index in [-0.39, 0.29) is 30.8 Å². The van der Waals surface area contributed by atoms with Crippen molar-refractivity contribution in [3.8, 4) is 0 Å². The average Bonchev–Trinajstić information content (AvgIpc) is 2.73. The number of hydrogen-bond acceptors (Lipinski definition) is 4. The number of likely N-dealkylation sites (N-methyl/N-ethyl adjacent to an activating group) is 2. The largest absolute Gasteiger partial charge is 0.338 e. The van der Waals surface area contributed by atoms with E-state index in [1.54, 1.807) is 29.2 Å². The lowest BCUT2D eigenvalue weighted by molar-refractivity contribution is -0.133. The van der Waals surface area contributed by atoms with Gasteiger partial charge in [-0.15, -0.1) is 0 Å². The highest BCUT2D eigenvalue weighted by Crippen LogP contribution is 2.13. The molecule has 0 spiro atoms. The first-order valence-electron chi connectivity index (χ1n) is 10.1. The molecule has 0 fully saturated rings. The molecule has 0 aromatic heterocycles. The van der Waals surface area contributed by atoms with Crippen molar-refractivity contribution < 1.29 is 14.4 Å². The molecule has 7 nitrogen and oxygen atoms in total. The molecule has 0 heterocycles. The van der Waals surface area contributed by atoms with Crippen molar-refractivity contribution >= 4 is 29.1 Å². The second-order valence-corrected chi connectivity index (χ2v) is 7.00. The molecule has 0 atom stereocenters. The van der Waals surface area contributed by atoms with Crippen LogP contribution in [-0.4, -0.2) is 53.7 Å². The van der Waals surface area contributed by atoms with Gasteiger partial charge in [-0.2, -0.15) is 0 Å². The number of nitrogens with zero attached hydrogens (tertiary/aromatic N) is 2. The number of anilines is 2. The van der Waals surface area contributed by atoms with Crippen LogP contribution in [0.3, 0.4) is 0 Å². The molecule has 0 unspecified atom stereocenters. The maximum atomic E-state index is 12.7. The number of nitrogens with one attached hydrogen (secondary N) is 2. The van der Waals surface area contributed by atoms with Crippen LogP contribution in [0.2, 0.25) is 0 Å². The minimum Gasteiger partial charge on any atom is -0.338 e. The SMILES string of the molecule is CCN(CC(=O)Nc1ccc(NC(C)=O)cc1)CC(=O)N(CC)Cc1ccccc1. The molecule has 30 heavy (non-hydrogen) atoms. The van der Waals surface area contributed by atoms with E-state index < -0.39 is 0 Å². The number of amides is 3. The molecule has 0 aliphatic heterocycles. The van der Waals surface area contributed by atoms with E-state index in [0.29, 0.717) is 31.0 Å². The van der Waals surface area contributed by atoms with Crippen LogP contribution in [0.4, 0.5) is 11.4 Å². The zero-order valence-corrected chi connectivity index (χ0v) is 17.9. The summed E-state index contributed by atoms with van der Waals surface area (Å²) in [6, 6.07) is 16.8. The first-order chi connectivity index (χ1) is 14.4. The summed E-state index contributed by atoms with van der Waals surface area (Å²) in [5, 5.41) is 5.50. The molecule has 2 N–H and O–H groups in total. The molecule has 7 heteroatoms. The summed E-state index contributed by atoms with van der Waals surface area (Å²) in [7, 11) is 0. The van der Waals surface area contributed by atoms with Gasteiger partial charge in [0.1, 0.15) is 0 Å². The van der Waals surface area contributed by atoms with Gasteiger partial charge in [-0.3, -0.25) is 19.3 Å². The second-order valence-electron chi connectivity index (χ2n) is 7.00. The van der Waals surface area contributed by atoms with Crippen LogP contribution in [0.5, 0.6) is 0 Å². The van der Waals surface area contributed by atoms with E-state index in [1.807, 2.05) is 49.1 Å². The highest BCUT2D eigenvalue weighted by Gasteiger charge is 2.18. The van der Waals surface area contributed by atoms with E-state index in [1.165, 1.54) is 6.92 Å². The summed E-state index contributed by atoms with van der Waals surface area (Å²) in [6.07, 6.45) is 0. The van der Waals surface area contributed by atoms with Crippen molar-refractivity contribution in [2.75, 3.05) is 36.8 Å². The van der Waals surface area contributed by atoms with E-state index in [2.05, 4.69) is 10.6 Å². The van der Waals surface area contributed by atoms with E-state index in [0.717, 1.165) is 5.56 Å². The van der Waals surface area contributed by atoms with Gasteiger partial charge in [0.2, 0.25) is 17.7 Å². The zero-order valence-electron chi connectivity index (χ0n) is 17.9. The molecule has 0 aliphatic rings. The van der Waals surface area contributed by atoms with Gasteiger partial charge in [0.25, 0.3) is 0 Å². The van der Waals surface area contributed by atoms with Gasteiger partial charge < -0.3 is 15.5 Å². The third-order valence-corrected chi connectivity index (χ3v) is 4.61. The molecule has 0 saturated carbocycles. The topological polar surface area (TPSA) is 81.8 Å². The normalized spacial score (nSPS) is 10.5. The molecule has 0 aliphatic carbocycles. The van der Waals surface area contributed by atoms with Crippen LogP contribution < -0.4 is 10.6 Å². The number of rotatable bonds is 10. The predicted molar refractivity (Wildman–Crippen MR) is 119 cm³/mol. The van der Waals surface area contributed by atoms with E-state index in [9.17, 15) is 14.4 Å². The monoisotopic (exact) mass is 410 g/mol. The lowest BCUT2D eigenvalue weighted by Crippen LogP contribution is -2.42. The van der Waals surface area contributed by atoms with Gasteiger partial charge in [-0.1, -0.05) is 37.3 Å². The standard InChI is InChI=1S/C23H30N4O3/c1-4-26(17-23(30)27(5-2)15-19-9-7-6-8-10-19)16-22(29)25-21-13-11-20(12-14-21)24-18(3)28/h6-14H,4-5,15-17H2,1-3H3,(H,24,28)(H,25,29). The molecule has 2 aromatic carbocycles. The van der Waals surface area contributed by atoms with E-state index >= 15 is 0 Å². The van der Waals surface area contributed by atoms with Gasteiger partial charge in [-0.25, -0.2) is 0 Å². The van der Waals surface area contributed by atoms with Gasteiger partial charge in [0.05, 0.1) is 13.1 Å². The first kappa shape index (κ1) is 23.1. The Kier molecular flexibility index (Phi) is 9.03. The molecular weight excluding hydrogens is 380 g/mol. The summed E-state index contributed by atoms with van der Waals surface area (Å²) in [6.45, 7) is 7.38. The molecule has 0 saturated heterocycles. The maximum absolute atomic E-state index is 12.7. The number of benzene rings is 2. The van der Waals surface area contributed by atoms with Crippen molar-refractivity contribution in [2.45, 2.75) is 27.3 Å². The minimum atomic E-state index is -0.192. The van der Waals surface area contributed by atoms with Crippen LogP contribution in [0, 0.1) is 0 Å². The Morgan fingerprint density at radius 3 is 1.93 bits per heavy atom. The van der Waals surface area contributed by atoms with Crippen LogP contribution in [0.25, 0.3) is 0 Å². The lowest BCUT2D eigenvalue weighted by atomic mass is 10.2. The fourth-order valence-electron chi connectivity index (χ4n) is 2.99.